The van der Waals surface area contributed by atoms with Crippen LogP contribution in [-0.4, -0.2) is 15.9 Å². The zero-order chi connectivity index (χ0) is 14.2. The molecule has 21 heavy (non-hydrogen) atoms. The summed E-state index contributed by atoms with van der Waals surface area (Å²) < 4.78 is 6.46. The van der Waals surface area contributed by atoms with Crippen LogP contribution in [0, 0.1) is 0 Å². The van der Waals surface area contributed by atoms with Crippen LogP contribution in [-0.2, 0) is 12.8 Å². The lowest BCUT2D eigenvalue weighted by atomic mass is 9.97. The van der Waals surface area contributed by atoms with Crippen LogP contribution in [0.15, 0.2) is 39.0 Å². The van der Waals surface area contributed by atoms with Crippen molar-refractivity contribution in [3.8, 4) is 0 Å². The van der Waals surface area contributed by atoms with Crippen molar-refractivity contribution in [1.82, 2.24) is 9.66 Å². The molecule has 0 unspecified atom stereocenters. The largest absolute Gasteiger partial charge is 0.463 e. The first-order valence-corrected chi connectivity index (χ1v) is 7.74. The Morgan fingerprint density at radius 3 is 3.14 bits per heavy atom. The van der Waals surface area contributed by atoms with Gasteiger partial charge in [0.25, 0.3) is 5.56 Å². The van der Waals surface area contributed by atoms with E-state index in [-0.39, 0.29) is 5.56 Å². The third kappa shape index (κ3) is 2.12. The van der Waals surface area contributed by atoms with E-state index in [0.29, 0.717) is 5.76 Å². The molecule has 0 N–H and O–H groups in total. The Kier molecular flexibility index (Phi) is 2.96. The third-order valence-electron chi connectivity index (χ3n) is 3.71. The van der Waals surface area contributed by atoms with E-state index in [9.17, 15) is 4.79 Å². The van der Waals surface area contributed by atoms with Gasteiger partial charge in [-0.05, 0) is 43.4 Å². The summed E-state index contributed by atoms with van der Waals surface area (Å²) >= 11 is 1.64. The Balaban J connectivity index is 1.84. The quantitative estimate of drug-likeness (QED) is 0.684. The molecule has 1 aliphatic rings. The van der Waals surface area contributed by atoms with E-state index in [1.165, 1.54) is 34.1 Å². The van der Waals surface area contributed by atoms with Gasteiger partial charge in [-0.3, -0.25) is 4.79 Å². The summed E-state index contributed by atoms with van der Waals surface area (Å²) in [5.74, 6) is 0.606. The lowest BCUT2D eigenvalue weighted by Crippen LogP contribution is -2.17. The first-order chi connectivity index (χ1) is 10.3. The van der Waals surface area contributed by atoms with Crippen LogP contribution in [0.4, 0.5) is 0 Å². The molecule has 0 spiro atoms. The van der Waals surface area contributed by atoms with Crippen LogP contribution < -0.4 is 5.56 Å². The van der Waals surface area contributed by atoms with Gasteiger partial charge in [0, 0.05) is 4.88 Å². The maximum absolute atomic E-state index is 12.6. The zero-order valence-corrected chi connectivity index (χ0v) is 12.1. The summed E-state index contributed by atoms with van der Waals surface area (Å²) in [4.78, 5) is 19.1. The second kappa shape index (κ2) is 4.96. The molecule has 0 saturated carbocycles. The van der Waals surface area contributed by atoms with Gasteiger partial charge in [-0.1, -0.05) is 0 Å². The van der Waals surface area contributed by atoms with Crippen LogP contribution >= 0.6 is 11.3 Å². The smallest absolute Gasteiger partial charge is 0.282 e. The molecular formula is C15H13N3O2S. The average molecular weight is 299 g/mol. The van der Waals surface area contributed by atoms with Crippen molar-refractivity contribution in [3.63, 3.8) is 0 Å². The minimum absolute atomic E-state index is 0.0952. The van der Waals surface area contributed by atoms with E-state index < -0.39 is 0 Å². The second-order valence-electron chi connectivity index (χ2n) is 5.05. The fourth-order valence-corrected chi connectivity index (χ4v) is 3.92. The fourth-order valence-electron chi connectivity index (χ4n) is 2.70. The van der Waals surface area contributed by atoms with Gasteiger partial charge in [-0.15, -0.1) is 11.3 Å². The number of nitrogens with zero attached hydrogens (tertiary/aromatic N) is 3. The highest BCUT2D eigenvalue weighted by molar-refractivity contribution is 7.18. The molecular weight excluding hydrogens is 286 g/mol. The molecule has 0 fully saturated rings. The van der Waals surface area contributed by atoms with Gasteiger partial charge in [0.05, 0.1) is 17.9 Å². The van der Waals surface area contributed by atoms with Gasteiger partial charge in [-0.2, -0.15) is 9.78 Å². The molecule has 6 heteroatoms. The van der Waals surface area contributed by atoms with Crippen molar-refractivity contribution in [2.75, 3.05) is 0 Å². The highest BCUT2D eigenvalue weighted by Crippen LogP contribution is 2.33. The third-order valence-corrected chi connectivity index (χ3v) is 4.91. The fraction of sp³-hybridized carbons (Fsp3) is 0.267. The number of hydrogen-bond donors (Lipinski definition) is 0. The predicted octanol–water partition coefficient (Wildman–Crippen LogP) is 2.81. The molecule has 3 aromatic heterocycles. The first kappa shape index (κ1) is 12.5. The van der Waals surface area contributed by atoms with Gasteiger partial charge >= 0.3 is 0 Å². The molecule has 1 aliphatic carbocycles. The summed E-state index contributed by atoms with van der Waals surface area (Å²) in [6.45, 7) is 0. The van der Waals surface area contributed by atoms with E-state index in [0.717, 1.165) is 29.5 Å². The van der Waals surface area contributed by atoms with E-state index in [1.807, 2.05) is 0 Å². The lowest BCUT2D eigenvalue weighted by molar-refractivity contribution is 0.559. The molecule has 0 aliphatic heterocycles. The van der Waals surface area contributed by atoms with Crippen molar-refractivity contribution >= 4 is 27.8 Å². The second-order valence-corrected chi connectivity index (χ2v) is 6.13. The number of aryl methyl sites for hydroxylation is 2. The summed E-state index contributed by atoms with van der Waals surface area (Å²) in [7, 11) is 0. The Hall–Kier alpha value is -2.21. The number of rotatable bonds is 2. The standard InChI is InChI=1S/C15H13N3O2S/c19-15-13-11-5-1-2-6-12(11)21-14(13)16-9-18(15)17-8-10-4-3-7-20-10/h3-4,7-9H,1-2,5-6H2/b17-8-. The Morgan fingerprint density at radius 1 is 1.38 bits per heavy atom. The molecule has 0 atom stereocenters. The summed E-state index contributed by atoms with van der Waals surface area (Å²) in [5, 5.41) is 4.90. The van der Waals surface area contributed by atoms with Crippen molar-refractivity contribution in [1.29, 1.82) is 0 Å². The molecule has 4 rings (SSSR count). The molecule has 5 nitrogen and oxygen atoms in total. The van der Waals surface area contributed by atoms with Crippen molar-refractivity contribution in [2.45, 2.75) is 25.7 Å². The normalized spacial score (nSPS) is 14.9. The Bertz CT molecular complexity index is 874. The molecule has 0 amide bonds. The van der Waals surface area contributed by atoms with E-state index in [2.05, 4.69) is 10.1 Å². The minimum Gasteiger partial charge on any atom is -0.463 e. The van der Waals surface area contributed by atoms with Gasteiger partial charge in [0.15, 0.2) is 0 Å². The Labute approximate surface area is 124 Å². The minimum atomic E-state index is -0.0952. The molecule has 0 saturated heterocycles. The highest BCUT2D eigenvalue weighted by atomic mass is 32.1. The van der Waals surface area contributed by atoms with Gasteiger partial charge < -0.3 is 4.42 Å². The Morgan fingerprint density at radius 2 is 2.29 bits per heavy atom. The zero-order valence-electron chi connectivity index (χ0n) is 11.3. The van der Waals surface area contributed by atoms with Crippen LogP contribution in [0.3, 0.4) is 0 Å². The van der Waals surface area contributed by atoms with Crippen LogP contribution in [0.2, 0.25) is 0 Å². The predicted molar refractivity (Wildman–Crippen MR) is 82.2 cm³/mol. The maximum atomic E-state index is 12.6. The van der Waals surface area contributed by atoms with E-state index in [4.69, 9.17) is 4.42 Å². The molecule has 106 valence electrons. The van der Waals surface area contributed by atoms with E-state index in [1.54, 1.807) is 29.7 Å². The van der Waals surface area contributed by atoms with Crippen molar-refractivity contribution in [2.24, 2.45) is 5.10 Å². The van der Waals surface area contributed by atoms with Crippen LogP contribution in [0.5, 0.6) is 0 Å². The van der Waals surface area contributed by atoms with Crippen molar-refractivity contribution < 1.29 is 4.42 Å². The van der Waals surface area contributed by atoms with E-state index >= 15 is 0 Å². The topological polar surface area (TPSA) is 60.4 Å². The number of fused-ring (bicyclic) bond motifs is 3. The van der Waals surface area contributed by atoms with Crippen LogP contribution in [0.25, 0.3) is 10.2 Å². The SMILES string of the molecule is O=c1c2c3c(sc2ncn1/N=C\c1ccco1)CCCC3. The summed E-state index contributed by atoms with van der Waals surface area (Å²) in [5.41, 5.74) is 1.09. The first-order valence-electron chi connectivity index (χ1n) is 6.93. The monoisotopic (exact) mass is 299 g/mol. The molecule has 3 heterocycles. The molecule has 3 aromatic rings. The number of aromatic nitrogens is 2. The molecule has 0 aromatic carbocycles. The highest BCUT2D eigenvalue weighted by Gasteiger charge is 2.19. The van der Waals surface area contributed by atoms with Gasteiger partial charge in [-0.25, -0.2) is 4.98 Å². The average Bonchev–Trinajstić information content (AvgIpc) is 3.13. The van der Waals surface area contributed by atoms with Gasteiger partial charge in [0.2, 0.25) is 0 Å². The summed E-state index contributed by atoms with van der Waals surface area (Å²) in [6, 6.07) is 3.56. The molecule has 0 radical (unpaired) electrons. The van der Waals surface area contributed by atoms with Gasteiger partial charge in [0.1, 0.15) is 16.9 Å². The number of thiophene rings is 1. The number of furan rings is 1. The van der Waals surface area contributed by atoms with Crippen LogP contribution in [0.1, 0.15) is 29.0 Å². The number of hydrogen-bond acceptors (Lipinski definition) is 5. The van der Waals surface area contributed by atoms with Crippen molar-refractivity contribution in [3.05, 3.63) is 51.3 Å². The summed E-state index contributed by atoms with van der Waals surface area (Å²) in [6.07, 6.45) is 8.94. The molecule has 0 bridgehead atoms. The lowest BCUT2D eigenvalue weighted by Gasteiger charge is -2.09. The maximum Gasteiger partial charge on any atom is 0.282 e.